The van der Waals surface area contributed by atoms with Crippen molar-refractivity contribution in [2.24, 2.45) is 0 Å². The molecule has 0 aromatic carbocycles. The van der Waals surface area contributed by atoms with Gasteiger partial charge in [0.15, 0.2) is 5.82 Å². The van der Waals surface area contributed by atoms with Crippen LogP contribution in [-0.2, 0) is 6.54 Å². The fraction of sp³-hybridized carbons (Fsp3) is 0.308. The van der Waals surface area contributed by atoms with E-state index in [0.717, 1.165) is 11.1 Å². The van der Waals surface area contributed by atoms with Crippen molar-refractivity contribution in [3.05, 3.63) is 41.0 Å². The van der Waals surface area contributed by atoms with Crippen LogP contribution >= 0.6 is 11.3 Å². The molecule has 1 N–H and O–H groups in total. The lowest BCUT2D eigenvalue weighted by atomic mass is 10.1. The minimum absolute atomic E-state index is 0.186. The Hall–Kier alpha value is -1.79. The Morgan fingerprint density at radius 2 is 2.37 bits per heavy atom. The van der Waals surface area contributed by atoms with Gasteiger partial charge in [0.05, 0.1) is 16.8 Å². The number of rotatable bonds is 4. The minimum atomic E-state index is 0.186. The Kier molecular flexibility index (Phi) is 3.27. The average Bonchev–Trinajstić information content (AvgIpc) is 3.03. The van der Waals surface area contributed by atoms with Gasteiger partial charge in [0.2, 0.25) is 5.89 Å². The molecule has 0 spiro atoms. The topological polar surface area (TPSA) is 63.8 Å². The van der Waals surface area contributed by atoms with Crippen molar-refractivity contribution in [2.75, 3.05) is 0 Å². The molecule has 0 radical (unpaired) electrons. The first-order chi connectivity index (χ1) is 9.22. The van der Waals surface area contributed by atoms with E-state index in [-0.39, 0.29) is 6.04 Å². The van der Waals surface area contributed by atoms with E-state index in [1.807, 2.05) is 19.2 Å². The van der Waals surface area contributed by atoms with Crippen molar-refractivity contribution in [1.29, 1.82) is 0 Å². The molecule has 3 heterocycles. The Labute approximate surface area is 114 Å². The smallest absolute Gasteiger partial charge is 0.240 e. The average molecular weight is 274 g/mol. The second-order valence-corrected chi connectivity index (χ2v) is 5.36. The molecular weight excluding hydrogens is 260 g/mol. The normalized spacial score (nSPS) is 12.9. The molecule has 5 nitrogen and oxygen atoms in total. The Balaban J connectivity index is 1.70. The predicted molar refractivity (Wildman–Crippen MR) is 73.9 cm³/mol. The van der Waals surface area contributed by atoms with Crippen LogP contribution in [0.1, 0.15) is 30.2 Å². The zero-order valence-electron chi connectivity index (χ0n) is 10.8. The van der Waals surface area contributed by atoms with E-state index in [9.17, 15) is 0 Å². The van der Waals surface area contributed by atoms with Crippen LogP contribution in [0.15, 0.2) is 28.2 Å². The summed E-state index contributed by atoms with van der Waals surface area (Å²) >= 11 is 1.71. The first-order valence-corrected chi connectivity index (χ1v) is 6.96. The van der Waals surface area contributed by atoms with Crippen molar-refractivity contribution in [3.8, 4) is 0 Å². The molecule has 0 fully saturated rings. The maximum atomic E-state index is 5.07. The van der Waals surface area contributed by atoms with Gasteiger partial charge in [-0.2, -0.15) is 4.98 Å². The third-order valence-electron chi connectivity index (χ3n) is 2.95. The van der Waals surface area contributed by atoms with Gasteiger partial charge < -0.3 is 9.84 Å². The highest BCUT2D eigenvalue weighted by atomic mass is 32.1. The number of pyridine rings is 1. The van der Waals surface area contributed by atoms with Crippen LogP contribution in [0.25, 0.3) is 10.2 Å². The molecule has 0 aliphatic rings. The van der Waals surface area contributed by atoms with Gasteiger partial charge in [0.1, 0.15) is 0 Å². The number of nitrogens with one attached hydrogen (secondary N) is 1. The quantitative estimate of drug-likeness (QED) is 0.792. The third kappa shape index (κ3) is 2.64. The molecule has 19 heavy (non-hydrogen) atoms. The predicted octanol–water partition coefficient (Wildman–Crippen LogP) is 2.84. The lowest BCUT2D eigenvalue weighted by Crippen LogP contribution is -2.18. The Bertz CT molecular complexity index is 691. The van der Waals surface area contributed by atoms with Crippen molar-refractivity contribution < 1.29 is 4.52 Å². The molecule has 3 aromatic heterocycles. The Morgan fingerprint density at radius 3 is 3.16 bits per heavy atom. The number of aromatic nitrogens is 3. The third-order valence-corrected chi connectivity index (χ3v) is 3.81. The van der Waals surface area contributed by atoms with Crippen LogP contribution < -0.4 is 5.32 Å². The minimum Gasteiger partial charge on any atom is -0.338 e. The van der Waals surface area contributed by atoms with E-state index >= 15 is 0 Å². The van der Waals surface area contributed by atoms with Crippen LogP contribution in [0, 0.1) is 6.92 Å². The fourth-order valence-corrected chi connectivity index (χ4v) is 2.66. The molecule has 6 heteroatoms. The summed E-state index contributed by atoms with van der Waals surface area (Å²) in [5.41, 5.74) is 2.21. The molecule has 0 bridgehead atoms. The van der Waals surface area contributed by atoms with Crippen LogP contribution in [-0.4, -0.2) is 15.1 Å². The summed E-state index contributed by atoms with van der Waals surface area (Å²) in [6, 6.07) is 4.39. The number of aryl methyl sites for hydroxylation is 1. The first-order valence-electron chi connectivity index (χ1n) is 6.08. The molecule has 1 atom stereocenters. The first kappa shape index (κ1) is 12.3. The van der Waals surface area contributed by atoms with Gasteiger partial charge in [0, 0.05) is 12.2 Å². The molecule has 0 saturated heterocycles. The number of fused-ring (bicyclic) bond motifs is 1. The molecule has 1 unspecified atom stereocenters. The molecule has 3 aromatic rings. The van der Waals surface area contributed by atoms with Crippen LogP contribution in [0.3, 0.4) is 0 Å². The number of nitrogens with zero attached hydrogens (tertiary/aromatic N) is 3. The van der Waals surface area contributed by atoms with Gasteiger partial charge in [-0.25, -0.2) is 0 Å². The highest BCUT2D eigenvalue weighted by Crippen LogP contribution is 2.22. The summed E-state index contributed by atoms with van der Waals surface area (Å²) in [5, 5.41) is 9.17. The van der Waals surface area contributed by atoms with Gasteiger partial charge in [-0.05, 0) is 36.9 Å². The SMILES string of the molecule is Cc1noc(CNC(C)c2cnc3ccsc3c2)n1. The number of hydrogen-bond donors (Lipinski definition) is 1. The maximum Gasteiger partial charge on any atom is 0.240 e. The molecular formula is C13H14N4OS. The van der Waals surface area contributed by atoms with E-state index in [1.54, 1.807) is 11.3 Å². The summed E-state index contributed by atoms with van der Waals surface area (Å²) in [5.74, 6) is 1.26. The monoisotopic (exact) mass is 274 g/mol. The van der Waals surface area contributed by atoms with Crippen molar-refractivity contribution in [3.63, 3.8) is 0 Å². The zero-order valence-corrected chi connectivity index (χ0v) is 11.6. The zero-order chi connectivity index (χ0) is 13.2. The summed E-state index contributed by atoms with van der Waals surface area (Å²) in [6.45, 7) is 4.47. The highest BCUT2D eigenvalue weighted by Gasteiger charge is 2.09. The van der Waals surface area contributed by atoms with Crippen molar-refractivity contribution in [2.45, 2.75) is 26.4 Å². The van der Waals surface area contributed by atoms with Crippen LogP contribution in [0.2, 0.25) is 0 Å². The number of thiophene rings is 1. The highest BCUT2D eigenvalue weighted by molar-refractivity contribution is 7.17. The summed E-state index contributed by atoms with van der Waals surface area (Å²) in [4.78, 5) is 8.60. The second kappa shape index (κ2) is 5.07. The summed E-state index contributed by atoms with van der Waals surface area (Å²) in [7, 11) is 0. The van der Waals surface area contributed by atoms with Gasteiger partial charge in [-0.1, -0.05) is 5.16 Å². The van der Waals surface area contributed by atoms with E-state index in [4.69, 9.17) is 4.52 Å². The molecule has 0 saturated carbocycles. The summed E-state index contributed by atoms with van der Waals surface area (Å²) < 4.78 is 6.28. The van der Waals surface area contributed by atoms with Gasteiger partial charge in [0.25, 0.3) is 0 Å². The largest absolute Gasteiger partial charge is 0.338 e. The fourth-order valence-electron chi connectivity index (χ4n) is 1.87. The molecule has 98 valence electrons. The van der Waals surface area contributed by atoms with Gasteiger partial charge in [-0.15, -0.1) is 11.3 Å². The van der Waals surface area contributed by atoms with Crippen LogP contribution in [0.5, 0.6) is 0 Å². The van der Waals surface area contributed by atoms with Gasteiger partial charge >= 0.3 is 0 Å². The molecule has 0 aliphatic heterocycles. The Morgan fingerprint density at radius 1 is 1.47 bits per heavy atom. The van der Waals surface area contributed by atoms with E-state index in [1.165, 1.54) is 4.70 Å². The lowest BCUT2D eigenvalue weighted by molar-refractivity contribution is 0.357. The lowest BCUT2D eigenvalue weighted by Gasteiger charge is -2.12. The molecule has 0 amide bonds. The number of hydrogen-bond acceptors (Lipinski definition) is 6. The second-order valence-electron chi connectivity index (χ2n) is 4.41. The van der Waals surface area contributed by atoms with Crippen molar-refractivity contribution >= 4 is 21.6 Å². The maximum absolute atomic E-state index is 5.07. The standard InChI is InChI=1S/C13H14N4OS/c1-8(14-7-13-16-9(2)17-18-13)10-5-12-11(15-6-10)3-4-19-12/h3-6,8,14H,7H2,1-2H3. The van der Waals surface area contributed by atoms with E-state index < -0.39 is 0 Å². The van der Waals surface area contributed by atoms with Crippen LogP contribution in [0.4, 0.5) is 0 Å². The van der Waals surface area contributed by atoms with E-state index in [2.05, 4.69) is 38.8 Å². The summed E-state index contributed by atoms with van der Waals surface area (Å²) in [6.07, 6.45) is 1.91. The van der Waals surface area contributed by atoms with Gasteiger partial charge in [-0.3, -0.25) is 4.98 Å². The van der Waals surface area contributed by atoms with Crippen molar-refractivity contribution in [1.82, 2.24) is 20.4 Å². The van der Waals surface area contributed by atoms with E-state index in [0.29, 0.717) is 18.3 Å². The molecule has 3 rings (SSSR count). The molecule has 0 aliphatic carbocycles.